The molecule has 3 aromatic heterocycles. The molecule has 0 radical (unpaired) electrons. The normalized spacial score (nSPS) is 11.9. The van der Waals surface area contributed by atoms with Crippen LogP contribution in [0.5, 0.6) is 5.75 Å². The first-order chi connectivity index (χ1) is 13.7. The summed E-state index contributed by atoms with van der Waals surface area (Å²) in [7, 11) is 1.74. The van der Waals surface area contributed by atoms with E-state index in [1.807, 2.05) is 20.8 Å². The van der Waals surface area contributed by atoms with Crippen LogP contribution in [0.25, 0.3) is 33.5 Å². The van der Waals surface area contributed by atoms with Gasteiger partial charge in [0, 0.05) is 25.2 Å². The Balaban J connectivity index is 1.68. The number of benzene rings is 1. The predicted octanol–water partition coefficient (Wildman–Crippen LogP) is 3.79. The molecule has 4 rings (SSSR count). The van der Waals surface area contributed by atoms with Crippen molar-refractivity contribution in [2.24, 2.45) is 12.5 Å². The number of aromatic nitrogens is 5. The molecule has 0 unspecified atom stereocenters. The molecule has 0 saturated carbocycles. The monoisotopic (exact) mass is 396 g/mol. The summed E-state index contributed by atoms with van der Waals surface area (Å²) in [4.78, 5) is 24.0. The number of carbonyl (C=O) groups excluding carboxylic acids is 1. The van der Waals surface area contributed by atoms with Crippen molar-refractivity contribution in [1.29, 1.82) is 0 Å². The minimum absolute atomic E-state index is 0.0638. The quantitative estimate of drug-likeness (QED) is 0.549. The Morgan fingerprint density at radius 2 is 2.14 bits per heavy atom. The smallest absolute Gasteiger partial charge is 0.406 e. The highest BCUT2D eigenvalue weighted by Crippen LogP contribution is 2.29. The fourth-order valence-corrected chi connectivity index (χ4v) is 2.95. The maximum Gasteiger partial charge on any atom is 0.412 e. The third kappa shape index (κ3) is 3.75. The maximum absolute atomic E-state index is 13.6. The van der Waals surface area contributed by atoms with Crippen LogP contribution in [0, 0.1) is 11.2 Å². The van der Waals surface area contributed by atoms with Gasteiger partial charge < -0.3 is 15.0 Å². The molecule has 0 bridgehead atoms. The van der Waals surface area contributed by atoms with E-state index in [2.05, 4.69) is 25.4 Å². The number of halogens is 1. The molecule has 0 spiro atoms. The first kappa shape index (κ1) is 18.9. The lowest BCUT2D eigenvalue weighted by molar-refractivity contribution is 0.196. The fraction of sp³-hybridized carbons (Fsp3) is 0.300. The topological polar surface area (TPSA) is 97.7 Å². The van der Waals surface area contributed by atoms with Crippen molar-refractivity contribution in [3.63, 3.8) is 0 Å². The third-order valence-electron chi connectivity index (χ3n) is 4.37. The average molecular weight is 396 g/mol. The largest absolute Gasteiger partial charge is 0.412 e. The van der Waals surface area contributed by atoms with Gasteiger partial charge in [-0.1, -0.05) is 20.8 Å². The van der Waals surface area contributed by atoms with Crippen molar-refractivity contribution >= 4 is 28.2 Å². The third-order valence-corrected chi connectivity index (χ3v) is 4.37. The van der Waals surface area contributed by atoms with Gasteiger partial charge in [0.15, 0.2) is 16.9 Å². The number of nitrogens with zero attached hydrogens (tertiary/aromatic N) is 4. The second-order valence-corrected chi connectivity index (χ2v) is 8.04. The highest BCUT2D eigenvalue weighted by molar-refractivity contribution is 5.93. The van der Waals surface area contributed by atoms with E-state index in [-0.39, 0.29) is 17.0 Å². The van der Waals surface area contributed by atoms with Crippen LogP contribution in [0.1, 0.15) is 20.8 Å². The number of ether oxygens (including phenoxy) is 1. The van der Waals surface area contributed by atoms with E-state index in [0.717, 1.165) is 5.39 Å². The summed E-state index contributed by atoms with van der Waals surface area (Å²) >= 11 is 0. The maximum atomic E-state index is 13.6. The van der Waals surface area contributed by atoms with Crippen molar-refractivity contribution in [2.75, 3.05) is 6.54 Å². The Kier molecular flexibility index (Phi) is 4.45. The molecule has 2 N–H and O–H groups in total. The van der Waals surface area contributed by atoms with Crippen LogP contribution < -0.4 is 10.1 Å². The van der Waals surface area contributed by atoms with E-state index in [1.54, 1.807) is 24.0 Å². The zero-order valence-electron chi connectivity index (χ0n) is 16.6. The van der Waals surface area contributed by atoms with Gasteiger partial charge in [-0.05, 0) is 23.6 Å². The summed E-state index contributed by atoms with van der Waals surface area (Å²) in [5.74, 6) is -0.0665. The zero-order chi connectivity index (χ0) is 20.8. The van der Waals surface area contributed by atoms with E-state index in [0.29, 0.717) is 34.6 Å². The van der Waals surface area contributed by atoms with Crippen LogP contribution in [-0.4, -0.2) is 37.4 Å². The SMILES string of the molecule is Cn1nc(-c2cnc3[nH]cc(OC(=O)NCC(C)(C)C)c3n2)c2ccc(F)cc21. The number of fused-ring (bicyclic) bond motifs is 2. The summed E-state index contributed by atoms with van der Waals surface area (Å²) in [5.41, 5.74) is 2.54. The molecule has 0 fully saturated rings. The summed E-state index contributed by atoms with van der Waals surface area (Å²) < 4.78 is 20.6. The first-order valence-corrected chi connectivity index (χ1v) is 9.14. The van der Waals surface area contributed by atoms with Crippen LogP contribution in [-0.2, 0) is 7.05 Å². The molecule has 29 heavy (non-hydrogen) atoms. The van der Waals surface area contributed by atoms with Crippen molar-refractivity contribution in [3.05, 3.63) is 36.4 Å². The van der Waals surface area contributed by atoms with E-state index in [9.17, 15) is 9.18 Å². The summed E-state index contributed by atoms with van der Waals surface area (Å²) in [5, 5.41) is 7.94. The first-order valence-electron chi connectivity index (χ1n) is 9.14. The molecule has 0 saturated heterocycles. The van der Waals surface area contributed by atoms with Crippen molar-refractivity contribution in [2.45, 2.75) is 20.8 Å². The molecule has 0 aliphatic rings. The van der Waals surface area contributed by atoms with E-state index in [4.69, 9.17) is 4.74 Å². The van der Waals surface area contributed by atoms with Gasteiger partial charge in [0.25, 0.3) is 0 Å². The molecule has 0 atom stereocenters. The molecule has 0 aliphatic carbocycles. The summed E-state index contributed by atoms with van der Waals surface area (Å²) in [6.07, 6.45) is 2.55. The number of hydrogen-bond donors (Lipinski definition) is 2. The van der Waals surface area contributed by atoms with Gasteiger partial charge in [-0.25, -0.2) is 19.2 Å². The highest BCUT2D eigenvalue weighted by Gasteiger charge is 2.18. The number of hydrogen-bond acceptors (Lipinski definition) is 5. The average Bonchev–Trinajstić information content (AvgIpc) is 3.20. The number of H-pyrrole nitrogens is 1. The number of carbonyl (C=O) groups is 1. The molecular formula is C20H21FN6O2. The van der Waals surface area contributed by atoms with Crippen LogP contribution >= 0.6 is 0 Å². The number of amides is 1. The lowest BCUT2D eigenvalue weighted by Gasteiger charge is -2.18. The predicted molar refractivity (Wildman–Crippen MR) is 107 cm³/mol. The number of aromatic amines is 1. The summed E-state index contributed by atoms with van der Waals surface area (Å²) in [6.45, 7) is 6.51. The molecule has 9 heteroatoms. The van der Waals surface area contributed by atoms with E-state index >= 15 is 0 Å². The Labute approximate surface area is 166 Å². The van der Waals surface area contributed by atoms with E-state index < -0.39 is 6.09 Å². The van der Waals surface area contributed by atoms with Gasteiger partial charge in [-0.15, -0.1) is 0 Å². The van der Waals surface area contributed by atoms with Crippen molar-refractivity contribution in [3.8, 4) is 17.1 Å². The fourth-order valence-electron chi connectivity index (χ4n) is 2.95. The molecule has 4 aromatic rings. The Bertz CT molecular complexity index is 1220. The van der Waals surface area contributed by atoms with E-state index in [1.165, 1.54) is 18.3 Å². The molecule has 1 amide bonds. The van der Waals surface area contributed by atoms with Crippen LogP contribution in [0.3, 0.4) is 0 Å². The zero-order valence-corrected chi connectivity index (χ0v) is 16.6. The number of aryl methyl sites for hydroxylation is 1. The standard InChI is InChI=1S/C20H21FN6O2/c1-20(2,3)10-24-19(28)29-15-9-23-18-17(15)25-13(8-22-18)16-12-6-5-11(21)7-14(12)27(4)26-16/h5-9H,10H2,1-4H3,(H,22,23)(H,24,28). The number of rotatable bonds is 3. The number of nitrogens with one attached hydrogen (secondary N) is 2. The van der Waals surface area contributed by atoms with Gasteiger partial charge in [-0.2, -0.15) is 5.10 Å². The lowest BCUT2D eigenvalue weighted by atomic mass is 9.97. The minimum atomic E-state index is -0.563. The van der Waals surface area contributed by atoms with Crippen LogP contribution in [0.2, 0.25) is 0 Å². The molecule has 1 aromatic carbocycles. The molecular weight excluding hydrogens is 375 g/mol. The molecule has 3 heterocycles. The molecule has 8 nitrogen and oxygen atoms in total. The lowest BCUT2D eigenvalue weighted by Crippen LogP contribution is -2.34. The van der Waals surface area contributed by atoms with Crippen LogP contribution in [0.4, 0.5) is 9.18 Å². The molecule has 0 aliphatic heterocycles. The Morgan fingerprint density at radius 1 is 1.34 bits per heavy atom. The Hall–Kier alpha value is -3.49. The van der Waals surface area contributed by atoms with Crippen LogP contribution in [0.15, 0.2) is 30.6 Å². The van der Waals surface area contributed by atoms with Crippen molar-refractivity contribution < 1.29 is 13.9 Å². The second-order valence-electron chi connectivity index (χ2n) is 8.04. The molecule has 150 valence electrons. The van der Waals surface area contributed by atoms with Gasteiger partial charge >= 0.3 is 6.09 Å². The summed E-state index contributed by atoms with van der Waals surface area (Å²) in [6, 6.07) is 4.46. The van der Waals surface area contributed by atoms with Gasteiger partial charge in [0.05, 0.1) is 11.7 Å². The second kappa shape index (κ2) is 6.84. The van der Waals surface area contributed by atoms with Gasteiger partial charge in [-0.3, -0.25) is 4.68 Å². The van der Waals surface area contributed by atoms with Gasteiger partial charge in [0.2, 0.25) is 0 Å². The Morgan fingerprint density at radius 3 is 2.90 bits per heavy atom. The minimum Gasteiger partial charge on any atom is -0.406 e. The van der Waals surface area contributed by atoms with Crippen molar-refractivity contribution in [1.82, 2.24) is 30.0 Å². The highest BCUT2D eigenvalue weighted by atomic mass is 19.1. The van der Waals surface area contributed by atoms with Gasteiger partial charge in [0.1, 0.15) is 17.2 Å².